The van der Waals surface area contributed by atoms with Crippen LogP contribution >= 0.6 is 0 Å². The van der Waals surface area contributed by atoms with Gasteiger partial charge in [0.15, 0.2) is 5.84 Å². The number of hydrogen-bond acceptors (Lipinski definition) is 2. The summed E-state index contributed by atoms with van der Waals surface area (Å²) in [6.45, 7) is 13.4. The second kappa shape index (κ2) is 5.89. The van der Waals surface area contributed by atoms with Crippen LogP contribution in [0.1, 0.15) is 41.5 Å². The van der Waals surface area contributed by atoms with Gasteiger partial charge in [0.25, 0.3) is 0 Å². The number of allylic oxidation sites excluding steroid dienone is 1. The molecule has 0 aromatic rings. The average molecular weight is 233 g/mol. The lowest BCUT2D eigenvalue weighted by Gasteiger charge is -2.20. The Balaban J connectivity index is 3.28. The first kappa shape index (κ1) is 13.8. The Labute approximate surface area is 104 Å². The predicted octanol–water partition coefficient (Wildman–Crippen LogP) is 3.52. The van der Waals surface area contributed by atoms with Crippen LogP contribution in [-0.2, 0) is 0 Å². The molecule has 0 fully saturated rings. The van der Waals surface area contributed by atoms with Crippen LogP contribution in [0, 0.1) is 11.8 Å². The minimum atomic E-state index is 0.337. The number of nitrogens with zero attached hydrogens (tertiary/aromatic N) is 3. The summed E-state index contributed by atoms with van der Waals surface area (Å²) < 4.78 is 0. The molecule has 0 radical (unpaired) electrons. The van der Waals surface area contributed by atoms with E-state index in [9.17, 15) is 0 Å². The van der Waals surface area contributed by atoms with Crippen molar-refractivity contribution in [3.63, 3.8) is 0 Å². The summed E-state index contributed by atoms with van der Waals surface area (Å²) in [6, 6.07) is 0. The van der Waals surface area contributed by atoms with E-state index in [1.807, 2.05) is 13.8 Å². The molecular weight excluding hydrogens is 210 g/mol. The normalized spacial score (nSPS) is 21.4. The van der Waals surface area contributed by atoms with Crippen LogP contribution in [0.3, 0.4) is 0 Å². The molecular formula is C14H23N3. The standard InChI is InChI=1S/C14H23N3/c1-7-11-12(9(3)4)16-13(10(5)6)17-14(11)15-8-2/h7,9-10H,8H2,1-6H3/b11-7-,15-14?. The Bertz CT molecular complexity index is 396. The molecule has 0 saturated carbocycles. The maximum Gasteiger partial charge on any atom is 0.158 e. The summed E-state index contributed by atoms with van der Waals surface area (Å²) in [4.78, 5) is 13.7. The molecule has 0 bridgehead atoms. The quantitative estimate of drug-likeness (QED) is 0.715. The van der Waals surface area contributed by atoms with Crippen LogP contribution in [0.4, 0.5) is 0 Å². The van der Waals surface area contributed by atoms with E-state index in [-0.39, 0.29) is 0 Å². The van der Waals surface area contributed by atoms with Crippen molar-refractivity contribution in [1.29, 1.82) is 0 Å². The third-order valence-electron chi connectivity index (χ3n) is 2.63. The fourth-order valence-corrected chi connectivity index (χ4v) is 1.74. The molecule has 1 heterocycles. The molecule has 0 saturated heterocycles. The fourth-order valence-electron chi connectivity index (χ4n) is 1.74. The molecule has 0 aromatic heterocycles. The molecule has 94 valence electrons. The van der Waals surface area contributed by atoms with Gasteiger partial charge in [-0.05, 0) is 19.8 Å². The van der Waals surface area contributed by atoms with E-state index in [1.54, 1.807) is 0 Å². The van der Waals surface area contributed by atoms with Crippen molar-refractivity contribution >= 4 is 17.4 Å². The minimum Gasteiger partial charge on any atom is -0.266 e. The lowest BCUT2D eigenvalue weighted by molar-refractivity contribution is 0.853. The van der Waals surface area contributed by atoms with Gasteiger partial charge in [0.05, 0.1) is 5.71 Å². The van der Waals surface area contributed by atoms with Crippen LogP contribution < -0.4 is 0 Å². The van der Waals surface area contributed by atoms with E-state index in [4.69, 9.17) is 0 Å². The Kier molecular flexibility index (Phi) is 4.79. The predicted molar refractivity (Wildman–Crippen MR) is 76.3 cm³/mol. The van der Waals surface area contributed by atoms with Crippen molar-refractivity contribution in [3.8, 4) is 0 Å². The van der Waals surface area contributed by atoms with Gasteiger partial charge in [-0.2, -0.15) is 0 Å². The van der Waals surface area contributed by atoms with E-state index >= 15 is 0 Å². The Morgan fingerprint density at radius 2 is 1.76 bits per heavy atom. The van der Waals surface area contributed by atoms with Crippen LogP contribution in [0.2, 0.25) is 0 Å². The summed E-state index contributed by atoms with van der Waals surface area (Å²) in [6.07, 6.45) is 2.06. The van der Waals surface area contributed by atoms with Crippen molar-refractivity contribution in [2.75, 3.05) is 6.54 Å². The minimum absolute atomic E-state index is 0.337. The summed E-state index contributed by atoms with van der Waals surface area (Å²) in [5.41, 5.74) is 2.20. The van der Waals surface area contributed by atoms with Crippen LogP contribution in [-0.4, -0.2) is 23.9 Å². The molecule has 1 aliphatic rings. The van der Waals surface area contributed by atoms with Gasteiger partial charge in [-0.15, -0.1) is 0 Å². The second-order valence-corrected chi connectivity index (χ2v) is 4.78. The van der Waals surface area contributed by atoms with E-state index in [0.29, 0.717) is 11.8 Å². The Hall–Kier alpha value is -1.25. The van der Waals surface area contributed by atoms with Crippen LogP contribution in [0.25, 0.3) is 0 Å². The molecule has 1 rings (SSSR count). The smallest absolute Gasteiger partial charge is 0.158 e. The molecule has 0 spiro atoms. The highest BCUT2D eigenvalue weighted by Crippen LogP contribution is 2.19. The third kappa shape index (κ3) is 3.11. The van der Waals surface area contributed by atoms with Gasteiger partial charge in [-0.1, -0.05) is 33.8 Å². The first-order valence-corrected chi connectivity index (χ1v) is 6.39. The van der Waals surface area contributed by atoms with E-state index < -0.39 is 0 Å². The highest BCUT2D eigenvalue weighted by atomic mass is 15.0. The maximum atomic E-state index is 4.68. The van der Waals surface area contributed by atoms with Crippen molar-refractivity contribution < 1.29 is 0 Å². The maximum absolute atomic E-state index is 4.68. The third-order valence-corrected chi connectivity index (χ3v) is 2.63. The zero-order valence-corrected chi connectivity index (χ0v) is 11.8. The largest absolute Gasteiger partial charge is 0.266 e. The van der Waals surface area contributed by atoms with Crippen molar-refractivity contribution in [1.82, 2.24) is 0 Å². The summed E-state index contributed by atoms with van der Waals surface area (Å²) in [5, 5.41) is 0. The molecule has 1 aliphatic heterocycles. The van der Waals surface area contributed by atoms with E-state index in [2.05, 4.69) is 48.7 Å². The molecule has 0 aromatic carbocycles. The van der Waals surface area contributed by atoms with E-state index in [1.165, 1.54) is 0 Å². The number of amidine groups is 2. The van der Waals surface area contributed by atoms with Gasteiger partial charge < -0.3 is 0 Å². The first-order chi connectivity index (χ1) is 8.01. The Morgan fingerprint density at radius 3 is 2.18 bits per heavy atom. The number of aliphatic imine (C=N–C) groups is 3. The zero-order chi connectivity index (χ0) is 13.0. The topological polar surface area (TPSA) is 37.1 Å². The highest BCUT2D eigenvalue weighted by molar-refractivity contribution is 6.31. The zero-order valence-electron chi connectivity index (χ0n) is 11.8. The van der Waals surface area contributed by atoms with Crippen molar-refractivity contribution in [2.45, 2.75) is 41.5 Å². The Morgan fingerprint density at radius 1 is 1.12 bits per heavy atom. The molecule has 17 heavy (non-hydrogen) atoms. The summed E-state index contributed by atoms with van der Waals surface area (Å²) >= 11 is 0. The van der Waals surface area contributed by atoms with E-state index in [0.717, 1.165) is 29.5 Å². The summed E-state index contributed by atoms with van der Waals surface area (Å²) in [7, 11) is 0. The SMILES string of the molecule is C/C=C1\C(=NCC)N=C(C(C)C)N=C1C(C)C. The molecule has 0 aliphatic carbocycles. The van der Waals surface area contributed by atoms with Gasteiger partial charge in [0.2, 0.25) is 0 Å². The molecule has 0 unspecified atom stereocenters. The summed E-state index contributed by atoms with van der Waals surface area (Å²) in [5.74, 6) is 2.47. The van der Waals surface area contributed by atoms with Gasteiger partial charge in [-0.25, -0.2) is 9.98 Å². The monoisotopic (exact) mass is 233 g/mol. The molecule has 0 N–H and O–H groups in total. The van der Waals surface area contributed by atoms with Crippen LogP contribution in [0.5, 0.6) is 0 Å². The van der Waals surface area contributed by atoms with Gasteiger partial charge in [0, 0.05) is 18.0 Å². The van der Waals surface area contributed by atoms with Gasteiger partial charge in [0.1, 0.15) is 5.84 Å². The van der Waals surface area contributed by atoms with Gasteiger partial charge >= 0.3 is 0 Å². The lowest BCUT2D eigenvalue weighted by Crippen LogP contribution is -2.26. The molecule has 3 heteroatoms. The fraction of sp³-hybridized carbons (Fsp3) is 0.643. The second-order valence-electron chi connectivity index (χ2n) is 4.78. The van der Waals surface area contributed by atoms with Gasteiger partial charge in [-0.3, -0.25) is 4.99 Å². The first-order valence-electron chi connectivity index (χ1n) is 6.39. The average Bonchev–Trinajstić information content (AvgIpc) is 2.28. The number of rotatable bonds is 3. The highest BCUT2D eigenvalue weighted by Gasteiger charge is 2.22. The van der Waals surface area contributed by atoms with Crippen LogP contribution in [0.15, 0.2) is 26.6 Å². The van der Waals surface area contributed by atoms with Crippen molar-refractivity contribution in [2.24, 2.45) is 26.8 Å². The molecule has 0 amide bonds. The van der Waals surface area contributed by atoms with Crippen molar-refractivity contribution in [3.05, 3.63) is 11.6 Å². The lowest BCUT2D eigenvalue weighted by atomic mass is 9.96. The molecule has 3 nitrogen and oxygen atoms in total. The molecule has 0 atom stereocenters. The number of hydrogen-bond donors (Lipinski definition) is 0.